The molecule has 0 aliphatic carbocycles. The number of benzene rings is 2. The summed E-state index contributed by atoms with van der Waals surface area (Å²) in [7, 11) is 0. The van der Waals surface area contributed by atoms with Gasteiger partial charge in [0, 0.05) is 30.5 Å². The van der Waals surface area contributed by atoms with Gasteiger partial charge in [0.2, 0.25) is 5.76 Å². The minimum atomic E-state index is -0.321. The second-order valence-electron chi connectivity index (χ2n) is 8.47. The van der Waals surface area contributed by atoms with E-state index >= 15 is 0 Å². The van der Waals surface area contributed by atoms with Gasteiger partial charge in [0.25, 0.3) is 5.91 Å². The molecule has 4 aromatic rings. The molecule has 1 N–H and O–H groups in total. The second-order valence-corrected chi connectivity index (χ2v) is 8.47. The Bertz CT molecular complexity index is 1250. The zero-order valence-corrected chi connectivity index (χ0v) is 18.2. The fourth-order valence-electron chi connectivity index (χ4n) is 4.27. The molecule has 0 saturated carbocycles. The minimum Gasteiger partial charge on any atom is -0.351 e. The number of para-hydroxylation sites is 1. The van der Waals surface area contributed by atoms with Crippen LogP contribution in [0, 0.1) is 5.82 Å². The van der Waals surface area contributed by atoms with Gasteiger partial charge in [-0.3, -0.25) is 14.7 Å². The van der Waals surface area contributed by atoms with Crippen molar-refractivity contribution >= 4 is 16.8 Å². The molecule has 0 atom stereocenters. The van der Waals surface area contributed by atoms with Gasteiger partial charge in [-0.1, -0.05) is 41.6 Å². The van der Waals surface area contributed by atoms with E-state index in [-0.39, 0.29) is 23.4 Å². The van der Waals surface area contributed by atoms with E-state index in [0.717, 1.165) is 60.3 Å². The molecule has 0 bridgehead atoms. The third-order valence-corrected chi connectivity index (χ3v) is 6.17. The van der Waals surface area contributed by atoms with Gasteiger partial charge < -0.3 is 9.84 Å². The molecule has 1 saturated heterocycles. The lowest BCUT2D eigenvalue weighted by molar-refractivity contribution is 0.0913. The van der Waals surface area contributed by atoms with E-state index < -0.39 is 0 Å². The number of likely N-dealkylation sites (tertiary alicyclic amines) is 1. The number of carbonyl (C=O) groups excluding carboxylic acids is 1. The van der Waals surface area contributed by atoms with Gasteiger partial charge in [0.1, 0.15) is 5.82 Å². The molecule has 3 heterocycles. The van der Waals surface area contributed by atoms with Crippen molar-refractivity contribution in [1.29, 1.82) is 0 Å². The average molecular weight is 445 g/mol. The number of hydrogen-bond acceptors (Lipinski definition) is 5. The Kier molecular flexibility index (Phi) is 6.13. The molecule has 0 spiro atoms. The number of nitrogens with zero attached hydrogens (tertiary/aromatic N) is 3. The zero-order chi connectivity index (χ0) is 22.6. The van der Waals surface area contributed by atoms with E-state index in [0.29, 0.717) is 6.54 Å². The maximum atomic E-state index is 13.0. The summed E-state index contributed by atoms with van der Waals surface area (Å²) in [6.45, 7) is 3.01. The third kappa shape index (κ3) is 5.09. The summed E-state index contributed by atoms with van der Waals surface area (Å²) in [4.78, 5) is 19.6. The first-order valence-corrected chi connectivity index (χ1v) is 11.2. The van der Waals surface area contributed by atoms with Gasteiger partial charge in [-0.05, 0) is 55.8 Å². The summed E-state index contributed by atoms with van der Waals surface area (Å²) in [6, 6.07) is 20.2. The molecule has 0 radical (unpaired) electrons. The summed E-state index contributed by atoms with van der Waals surface area (Å²) in [5.74, 6) is -0.148. The van der Waals surface area contributed by atoms with Gasteiger partial charge in [0.05, 0.1) is 16.9 Å². The quantitative estimate of drug-likeness (QED) is 0.468. The summed E-state index contributed by atoms with van der Waals surface area (Å²) in [6.07, 6.45) is 1.91. The van der Waals surface area contributed by atoms with Crippen LogP contribution in [0.2, 0.25) is 0 Å². The lowest BCUT2D eigenvalue weighted by Crippen LogP contribution is -2.32. The van der Waals surface area contributed by atoms with Gasteiger partial charge >= 0.3 is 0 Å². The highest BCUT2D eigenvalue weighted by Gasteiger charge is 2.25. The molecule has 2 aromatic heterocycles. The zero-order valence-electron chi connectivity index (χ0n) is 18.2. The number of aromatic nitrogens is 2. The number of amides is 1. The molecular formula is C26H25FN4O2. The van der Waals surface area contributed by atoms with E-state index in [9.17, 15) is 9.18 Å². The monoisotopic (exact) mass is 444 g/mol. The average Bonchev–Trinajstić information content (AvgIpc) is 3.34. The maximum Gasteiger partial charge on any atom is 0.290 e. The number of hydrogen-bond donors (Lipinski definition) is 1. The van der Waals surface area contributed by atoms with E-state index in [1.54, 1.807) is 18.2 Å². The number of carbonyl (C=O) groups is 1. The maximum absolute atomic E-state index is 13.0. The molecular weight excluding hydrogens is 419 g/mol. The Morgan fingerprint density at radius 3 is 2.67 bits per heavy atom. The summed E-state index contributed by atoms with van der Waals surface area (Å²) in [5, 5.41) is 8.10. The molecule has 1 aliphatic heterocycles. The van der Waals surface area contributed by atoms with E-state index in [1.807, 2.05) is 18.2 Å². The number of nitrogens with one attached hydrogen (secondary N) is 1. The topological polar surface area (TPSA) is 71.3 Å². The first kappa shape index (κ1) is 21.3. The Balaban J connectivity index is 1.13. The van der Waals surface area contributed by atoms with Crippen LogP contribution in [0.3, 0.4) is 0 Å². The van der Waals surface area contributed by atoms with Gasteiger partial charge in [-0.25, -0.2) is 4.39 Å². The van der Waals surface area contributed by atoms with Gasteiger partial charge in [-0.15, -0.1) is 0 Å². The number of fused-ring (bicyclic) bond motifs is 1. The summed E-state index contributed by atoms with van der Waals surface area (Å²) in [5.41, 5.74) is 3.74. The second kappa shape index (κ2) is 9.50. The first-order chi connectivity index (χ1) is 16.1. The molecule has 168 valence electrons. The highest BCUT2D eigenvalue weighted by molar-refractivity contribution is 5.91. The Morgan fingerprint density at radius 1 is 1.06 bits per heavy atom. The predicted molar refractivity (Wildman–Crippen MR) is 123 cm³/mol. The lowest BCUT2D eigenvalue weighted by Gasteiger charge is -2.30. The number of halogens is 1. The van der Waals surface area contributed by atoms with E-state index in [4.69, 9.17) is 9.51 Å². The lowest BCUT2D eigenvalue weighted by atomic mass is 9.93. The van der Waals surface area contributed by atoms with Crippen LogP contribution < -0.4 is 5.32 Å². The minimum absolute atomic E-state index is 0.204. The van der Waals surface area contributed by atoms with Crippen molar-refractivity contribution in [2.45, 2.75) is 31.8 Å². The molecule has 0 unspecified atom stereocenters. The van der Waals surface area contributed by atoms with Gasteiger partial charge in [-0.2, -0.15) is 0 Å². The highest BCUT2D eigenvalue weighted by atomic mass is 19.1. The van der Waals surface area contributed by atoms with Crippen LogP contribution in [0.1, 0.15) is 46.3 Å². The van der Waals surface area contributed by atoms with Crippen LogP contribution in [-0.4, -0.2) is 34.0 Å². The summed E-state index contributed by atoms with van der Waals surface area (Å²) >= 11 is 0. The van der Waals surface area contributed by atoms with Gasteiger partial charge in [0.15, 0.2) is 0 Å². The molecule has 33 heavy (non-hydrogen) atoms. The Hall–Kier alpha value is -3.58. The van der Waals surface area contributed by atoms with E-state index in [2.05, 4.69) is 33.6 Å². The fraction of sp³-hybridized carbons (Fsp3) is 0.269. The van der Waals surface area contributed by atoms with Crippen molar-refractivity contribution < 1.29 is 13.7 Å². The van der Waals surface area contributed by atoms with Crippen molar-refractivity contribution in [2.75, 3.05) is 13.1 Å². The number of rotatable bonds is 6. The van der Waals surface area contributed by atoms with Crippen molar-refractivity contribution in [1.82, 2.24) is 20.4 Å². The Labute approximate surface area is 191 Å². The number of piperidine rings is 1. The van der Waals surface area contributed by atoms with Crippen molar-refractivity contribution in [2.24, 2.45) is 0 Å². The molecule has 5 rings (SSSR count). The molecule has 1 aliphatic rings. The van der Waals surface area contributed by atoms with Crippen LogP contribution in [0.4, 0.5) is 4.39 Å². The molecule has 2 aromatic carbocycles. The van der Waals surface area contributed by atoms with Crippen molar-refractivity contribution in [3.8, 4) is 0 Å². The highest BCUT2D eigenvalue weighted by Crippen LogP contribution is 2.28. The number of pyridine rings is 1. The van der Waals surface area contributed by atoms with Crippen LogP contribution in [0.25, 0.3) is 10.9 Å². The van der Waals surface area contributed by atoms with Crippen molar-refractivity contribution in [3.63, 3.8) is 0 Å². The molecule has 7 heteroatoms. The fourth-order valence-corrected chi connectivity index (χ4v) is 4.27. The first-order valence-electron chi connectivity index (χ1n) is 11.2. The summed E-state index contributed by atoms with van der Waals surface area (Å²) < 4.78 is 18.3. The van der Waals surface area contributed by atoms with Crippen LogP contribution in [0.15, 0.2) is 71.3 Å². The standard InChI is InChI=1S/C26H25FN4O2/c27-21-8-5-18(6-9-21)16-28-26(32)25-15-24(30-33-25)20-11-13-31(14-12-20)17-22-10-7-19-3-1-2-4-23(19)29-22/h1-10,15,20H,11-14,16-17H2,(H,28,32). The molecule has 1 fully saturated rings. The smallest absolute Gasteiger partial charge is 0.290 e. The normalized spacial score (nSPS) is 15.1. The SMILES string of the molecule is O=C(NCc1ccc(F)cc1)c1cc(C2CCN(Cc3ccc4ccccc4n3)CC2)no1. The van der Waals surface area contributed by atoms with E-state index in [1.165, 1.54) is 12.1 Å². The third-order valence-electron chi connectivity index (χ3n) is 6.17. The van der Waals surface area contributed by atoms with Crippen molar-refractivity contribution in [3.05, 3.63) is 95.3 Å². The van der Waals surface area contributed by atoms with Crippen LogP contribution in [-0.2, 0) is 13.1 Å². The van der Waals surface area contributed by atoms with Crippen LogP contribution in [0.5, 0.6) is 0 Å². The molecule has 6 nitrogen and oxygen atoms in total. The Morgan fingerprint density at radius 2 is 1.85 bits per heavy atom. The largest absolute Gasteiger partial charge is 0.351 e. The van der Waals surface area contributed by atoms with Crippen LogP contribution >= 0.6 is 0 Å². The predicted octanol–water partition coefficient (Wildman–Crippen LogP) is 4.67. The molecule has 1 amide bonds.